The van der Waals surface area contributed by atoms with Gasteiger partial charge in [-0.3, -0.25) is 0 Å². The van der Waals surface area contributed by atoms with Crippen molar-refractivity contribution in [1.82, 2.24) is 10.2 Å². The molecule has 0 radical (unpaired) electrons. The number of nitrogens with zero attached hydrogens (tertiary/aromatic N) is 1. The molecule has 14 heavy (non-hydrogen) atoms. The summed E-state index contributed by atoms with van der Waals surface area (Å²) >= 11 is 0. The molecule has 0 aliphatic carbocycles. The van der Waals surface area contributed by atoms with Gasteiger partial charge in [0, 0.05) is 19.1 Å². The second kappa shape index (κ2) is 5.13. The summed E-state index contributed by atoms with van der Waals surface area (Å²) in [5.74, 6) is 0. The van der Waals surface area contributed by atoms with Gasteiger partial charge in [-0.05, 0) is 38.3 Å². The van der Waals surface area contributed by atoms with Crippen LogP contribution in [-0.2, 0) is 0 Å². The molecule has 2 nitrogen and oxygen atoms in total. The first kappa shape index (κ1) is 12.0. The molecule has 1 fully saturated rings. The van der Waals surface area contributed by atoms with Gasteiger partial charge in [-0.1, -0.05) is 20.8 Å². The lowest BCUT2D eigenvalue weighted by molar-refractivity contribution is 0.265. The zero-order chi connectivity index (χ0) is 10.6. The summed E-state index contributed by atoms with van der Waals surface area (Å²) in [4.78, 5) is 2.59. The summed E-state index contributed by atoms with van der Waals surface area (Å²) in [7, 11) is 0. The largest absolute Gasteiger partial charge is 0.313 e. The molecule has 1 saturated heterocycles. The Hall–Kier alpha value is -0.0800. The van der Waals surface area contributed by atoms with E-state index in [0.717, 1.165) is 6.54 Å². The maximum absolute atomic E-state index is 3.54. The molecule has 1 atom stereocenters. The molecule has 0 spiro atoms. The van der Waals surface area contributed by atoms with E-state index in [2.05, 4.69) is 37.9 Å². The van der Waals surface area contributed by atoms with E-state index in [4.69, 9.17) is 0 Å². The van der Waals surface area contributed by atoms with E-state index in [9.17, 15) is 0 Å². The van der Waals surface area contributed by atoms with E-state index in [1.165, 1.54) is 32.5 Å². The molecule has 1 aliphatic rings. The van der Waals surface area contributed by atoms with Crippen molar-refractivity contribution in [3.8, 4) is 0 Å². The first-order valence-electron chi connectivity index (χ1n) is 5.99. The van der Waals surface area contributed by atoms with Crippen LogP contribution in [0.25, 0.3) is 0 Å². The van der Waals surface area contributed by atoms with Gasteiger partial charge in [-0.25, -0.2) is 0 Å². The third-order valence-corrected chi connectivity index (χ3v) is 3.03. The van der Waals surface area contributed by atoms with Crippen LogP contribution in [0.1, 0.15) is 40.5 Å². The highest BCUT2D eigenvalue weighted by Gasteiger charge is 2.29. The van der Waals surface area contributed by atoms with Gasteiger partial charge in [0.2, 0.25) is 0 Å². The van der Waals surface area contributed by atoms with Crippen molar-refractivity contribution < 1.29 is 0 Å². The lowest BCUT2D eigenvalue weighted by atomic mass is 9.93. The molecule has 0 aromatic carbocycles. The highest BCUT2D eigenvalue weighted by atomic mass is 15.2. The van der Waals surface area contributed by atoms with Crippen molar-refractivity contribution in [3.05, 3.63) is 0 Å². The molecule has 1 aliphatic heterocycles. The molecule has 1 unspecified atom stereocenters. The van der Waals surface area contributed by atoms with Crippen molar-refractivity contribution in [2.24, 2.45) is 5.41 Å². The van der Waals surface area contributed by atoms with E-state index < -0.39 is 0 Å². The van der Waals surface area contributed by atoms with E-state index in [0.29, 0.717) is 11.5 Å². The van der Waals surface area contributed by atoms with E-state index >= 15 is 0 Å². The predicted octanol–water partition coefficient (Wildman–Crippen LogP) is 2.11. The third kappa shape index (κ3) is 3.97. The topological polar surface area (TPSA) is 15.3 Å². The average Bonchev–Trinajstić information content (AvgIpc) is 2.42. The van der Waals surface area contributed by atoms with Gasteiger partial charge in [0.25, 0.3) is 0 Å². The molecule has 0 saturated carbocycles. The maximum Gasteiger partial charge on any atom is 0.0166 e. The van der Waals surface area contributed by atoms with Crippen LogP contribution in [0, 0.1) is 5.41 Å². The SMILES string of the molecule is CCCNC(C)CN1CCC(C)(C)C1. The molecule has 2 heteroatoms. The van der Waals surface area contributed by atoms with Crippen molar-refractivity contribution in [2.45, 2.75) is 46.6 Å². The zero-order valence-corrected chi connectivity index (χ0v) is 10.3. The van der Waals surface area contributed by atoms with Crippen LogP contribution in [0.5, 0.6) is 0 Å². The van der Waals surface area contributed by atoms with Gasteiger partial charge in [0.05, 0.1) is 0 Å². The Labute approximate surface area is 89.1 Å². The smallest absolute Gasteiger partial charge is 0.0166 e. The Kier molecular flexibility index (Phi) is 4.39. The first-order valence-corrected chi connectivity index (χ1v) is 5.99. The molecule has 1 heterocycles. The van der Waals surface area contributed by atoms with Crippen molar-refractivity contribution in [2.75, 3.05) is 26.2 Å². The average molecular weight is 198 g/mol. The third-order valence-electron chi connectivity index (χ3n) is 3.03. The molecule has 84 valence electrons. The van der Waals surface area contributed by atoms with Crippen LogP contribution in [-0.4, -0.2) is 37.1 Å². The van der Waals surface area contributed by atoms with Gasteiger partial charge in [-0.15, -0.1) is 0 Å². The molecule has 1 rings (SSSR count). The van der Waals surface area contributed by atoms with Gasteiger partial charge in [0.1, 0.15) is 0 Å². The second-order valence-corrected chi connectivity index (χ2v) is 5.50. The van der Waals surface area contributed by atoms with E-state index in [1.807, 2.05) is 0 Å². The number of rotatable bonds is 5. The van der Waals surface area contributed by atoms with Gasteiger partial charge in [0.15, 0.2) is 0 Å². The molecular weight excluding hydrogens is 172 g/mol. The Balaban J connectivity index is 2.18. The number of nitrogens with one attached hydrogen (secondary N) is 1. The highest BCUT2D eigenvalue weighted by Crippen LogP contribution is 2.28. The number of hydrogen-bond acceptors (Lipinski definition) is 2. The van der Waals surface area contributed by atoms with E-state index in [-0.39, 0.29) is 0 Å². The molecule has 0 aromatic rings. The molecule has 1 N–H and O–H groups in total. The summed E-state index contributed by atoms with van der Waals surface area (Å²) in [5, 5.41) is 3.54. The number of likely N-dealkylation sites (tertiary alicyclic amines) is 1. The summed E-state index contributed by atoms with van der Waals surface area (Å²) in [6.45, 7) is 14.2. The van der Waals surface area contributed by atoms with Crippen LogP contribution in [0.15, 0.2) is 0 Å². The Bertz CT molecular complexity index is 166. The Morgan fingerprint density at radius 2 is 2.14 bits per heavy atom. The summed E-state index contributed by atoms with van der Waals surface area (Å²) in [6.07, 6.45) is 2.59. The van der Waals surface area contributed by atoms with Crippen LogP contribution >= 0.6 is 0 Å². The number of hydrogen-bond donors (Lipinski definition) is 1. The maximum atomic E-state index is 3.54. The minimum atomic E-state index is 0.546. The summed E-state index contributed by atoms with van der Waals surface area (Å²) in [6, 6.07) is 0.642. The van der Waals surface area contributed by atoms with Gasteiger partial charge < -0.3 is 10.2 Å². The van der Waals surface area contributed by atoms with Crippen LogP contribution in [0.2, 0.25) is 0 Å². The monoisotopic (exact) mass is 198 g/mol. The fourth-order valence-electron chi connectivity index (χ4n) is 2.22. The van der Waals surface area contributed by atoms with Crippen molar-refractivity contribution in [3.63, 3.8) is 0 Å². The van der Waals surface area contributed by atoms with Crippen molar-refractivity contribution in [1.29, 1.82) is 0 Å². The minimum absolute atomic E-state index is 0.546. The van der Waals surface area contributed by atoms with Gasteiger partial charge in [-0.2, -0.15) is 0 Å². The van der Waals surface area contributed by atoms with E-state index in [1.54, 1.807) is 0 Å². The quantitative estimate of drug-likeness (QED) is 0.728. The van der Waals surface area contributed by atoms with Crippen molar-refractivity contribution >= 4 is 0 Å². The molecule has 0 bridgehead atoms. The standard InChI is InChI=1S/C12H26N2/c1-5-7-13-11(2)9-14-8-6-12(3,4)10-14/h11,13H,5-10H2,1-4H3. The summed E-state index contributed by atoms with van der Waals surface area (Å²) in [5.41, 5.74) is 0.546. The molecule has 0 aromatic heterocycles. The fourth-order valence-corrected chi connectivity index (χ4v) is 2.22. The molecular formula is C12H26N2. The van der Waals surface area contributed by atoms with Crippen LogP contribution in [0.3, 0.4) is 0 Å². The highest BCUT2D eigenvalue weighted by molar-refractivity contribution is 4.84. The van der Waals surface area contributed by atoms with Crippen LogP contribution in [0.4, 0.5) is 0 Å². The Morgan fingerprint density at radius 1 is 1.43 bits per heavy atom. The lowest BCUT2D eigenvalue weighted by Gasteiger charge is -2.23. The van der Waals surface area contributed by atoms with Crippen LogP contribution < -0.4 is 5.32 Å². The van der Waals surface area contributed by atoms with Gasteiger partial charge >= 0.3 is 0 Å². The normalized spacial score (nSPS) is 24.0. The first-order chi connectivity index (χ1) is 6.53. The molecule has 0 amide bonds. The second-order valence-electron chi connectivity index (χ2n) is 5.50. The lowest BCUT2D eigenvalue weighted by Crippen LogP contribution is -2.39. The minimum Gasteiger partial charge on any atom is -0.313 e. The fraction of sp³-hybridized carbons (Fsp3) is 1.00. The Morgan fingerprint density at radius 3 is 2.64 bits per heavy atom. The predicted molar refractivity (Wildman–Crippen MR) is 62.6 cm³/mol. The zero-order valence-electron chi connectivity index (χ0n) is 10.3. The summed E-state index contributed by atoms with van der Waals surface area (Å²) < 4.78 is 0.